The van der Waals surface area contributed by atoms with E-state index in [1.807, 2.05) is 24.0 Å². The maximum atomic E-state index is 11.8. The van der Waals surface area contributed by atoms with Crippen LogP contribution in [0.4, 0.5) is 0 Å². The summed E-state index contributed by atoms with van der Waals surface area (Å²) < 4.78 is 1.85. The Morgan fingerprint density at radius 1 is 1.65 bits per heavy atom. The predicted molar refractivity (Wildman–Crippen MR) is 65.6 cm³/mol. The van der Waals surface area contributed by atoms with E-state index in [0.29, 0.717) is 6.54 Å². The van der Waals surface area contributed by atoms with Crippen molar-refractivity contribution in [3.05, 3.63) is 18.0 Å². The van der Waals surface area contributed by atoms with E-state index in [1.165, 1.54) is 6.42 Å². The molecule has 94 valence electrons. The minimum atomic E-state index is 0.00288. The van der Waals surface area contributed by atoms with Gasteiger partial charge in [0.25, 0.3) is 0 Å². The molecule has 0 radical (unpaired) electrons. The molecule has 1 amide bonds. The smallest absolute Gasteiger partial charge is 0.237 e. The van der Waals surface area contributed by atoms with Gasteiger partial charge in [0.15, 0.2) is 0 Å². The van der Waals surface area contributed by atoms with Crippen molar-refractivity contribution in [2.45, 2.75) is 38.8 Å². The van der Waals surface area contributed by atoms with Crippen molar-refractivity contribution in [3.63, 3.8) is 0 Å². The van der Waals surface area contributed by atoms with Crippen molar-refractivity contribution >= 4 is 5.91 Å². The van der Waals surface area contributed by atoms with Crippen LogP contribution >= 0.6 is 0 Å². The molecule has 0 spiro atoms. The zero-order valence-electron chi connectivity index (χ0n) is 10.3. The number of aromatic nitrogens is 2. The van der Waals surface area contributed by atoms with Gasteiger partial charge < -0.3 is 10.6 Å². The van der Waals surface area contributed by atoms with Gasteiger partial charge in [0.1, 0.15) is 0 Å². The number of nitrogens with zero attached hydrogens (tertiary/aromatic N) is 2. The van der Waals surface area contributed by atoms with Crippen LogP contribution in [0.25, 0.3) is 0 Å². The number of carbonyl (C=O) groups excluding carboxylic acids is 1. The average Bonchev–Trinajstić information content (AvgIpc) is 2.76. The fourth-order valence-corrected chi connectivity index (χ4v) is 2.08. The fourth-order valence-electron chi connectivity index (χ4n) is 2.08. The first kappa shape index (κ1) is 12.1. The SMILES string of the molecule is Cc1cnn(CCNC(=O)[C@@H]2CCCCN2)c1. The van der Waals surface area contributed by atoms with Crippen LogP contribution in [-0.4, -0.2) is 34.8 Å². The molecule has 0 bridgehead atoms. The molecule has 17 heavy (non-hydrogen) atoms. The van der Waals surface area contributed by atoms with Crippen molar-refractivity contribution < 1.29 is 4.79 Å². The number of hydrogen-bond acceptors (Lipinski definition) is 3. The normalized spacial score (nSPS) is 20.2. The standard InChI is InChI=1S/C12H20N4O/c1-10-8-15-16(9-10)7-6-14-12(17)11-4-2-3-5-13-11/h8-9,11,13H,2-7H2,1H3,(H,14,17)/t11-/m0/s1. The molecule has 0 aromatic carbocycles. The van der Waals surface area contributed by atoms with Crippen molar-refractivity contribution in [2.75, 3.05) is 13.1 Å². The second-order valence-corrected chi connectivity index (χ2v) is 4.57. The van der Waals surface area contributed by atoms with Gasteiger partial charge in [-0.25, -0.2) is 0 Å². The third-order valence-corrected chi connectivity index (χ3v) is 3.03. The first-order valence-corrected chi connectivity index (χ1v) is 6.26. The number of aryl methyl sites for hydroxylation is 1. The second-order valence-electron chi connectivity index (χ2n) is 4.57. The summed E-state index contributed by atoms with van der Waals surface area (Å²) in [6.07, 6.45) is 7.07. The summed E-state index contributed by atoms with van der Waals surface area (Å²) in [5.74, 6) is 0.119. The molecule has 1 fully saturated rings. The Hall–Kier alpha value is -1.36. The summed E-state index contributed by atoms with van der Waals surface area (Å²) in [4.78, 5) is 11.8. The predicted octanol–water partition coefficient (Wildman–Crippen LogP) is 0.450. The Bertz CT molecular complexity index is 368. The van der Waals surface area contributed by atoms with Crippen LogP contribution in [0.3, 0.4) is 0 Å². The van der Waals surface area contributed by atoms with Crippen LogP contribution in [0.5, 0.6) is 0 Å². The quantitative estimate of drug-likeness (QED) is 0.798. The molecule has 0 aliphatic carbocycles. The largest absolute Gasteiger partial charge is 0.353 e. The van der Waals surface area contributed by atoms with E-state index < -0.39 is 0 Å². The molecule has 1 aliphatic heterocycles. The van der Waals surface area contributed by atoms with Gasteiger partial charge >= 0.3 is 0 Å². The molecule has 1 aliphatic rings. The van der Waals surface area contributed by atoms with Gasteiger partial charge in [0.2, 0.25) is 5.91 Å². The zero-order chi connectivity index (χ0) is 12.1. The van der Waals surface area contributed by atoms with Crippen LogP contribution in [-0.2, 0) is 11.3 Å². The van der Waals surface area contributed by atoms with Crippen LogP contribution in [0.2, 0.25) is 0 Å². The van der Waals surface area contributed by atoms with E-state index in [-0.39, 0.29) is 11.9 Å². The van der Waals surface area contributed by atoms with Crippen molar-refractivity contribution in [1.29, 1.82) is 0 Å². The van der Waals surface area contributed by atoms with Gasteiger partial charge in [-0.15, -0.1) is 0 Å². The van der Waals surface area contributed by atoms with Crippen molar-refractivity contribution in [3.8, 4) is 0 Å². The number of hydrogen-bond donors (Lipinski definition) is 2. The number of piperidine rings is 1. The van der Waals surface area contributed by atoms with Crippen molar-refractivity contribution in [1.82, 2.24) is 20.4 Å². The van der Waals surface area contributed by atoms with E-state index in [1.54, 1.807) is 0 Å². The number of rotatable bonds is 4. The lowest BCUT2D eigenvalue weighted by molar-refractivity contribution is -0.123. The summed E-state index contributed by atoms with van der Waals surface area (Å²) in [7, 11) is 0. The van der Waals surface area contributed by atoms with Crippen molar-refractivity contribution in [2.24, 2.45) is 0 Å². The van der Waals surface area contributed by atoms with Crippen LogP contribution in [0.1, 0.15) is 24.8 Å². The summed E-state index contributed by atoms with van der Waals surface area (Å²) in [6, 6.07) is 0.00288. The molecule has 1 aromatic heterocycles. The van der Waals surface area contributed by atoms with Gasteiger partial charge in [-0.05, 0) is 31.9 Å². The fraction of sp³-hybridized carbons (Fsp3) is 0.667. The van der Waals surface area contributed by atoms with E-state index in [2.05, 4.69) is 15.7 Å². The molecular formula is C12H20N4O. The molecule has 1 aromatic rings. The Kier molecular flexibility index (Phi) is 4.14. The average molecular weight is 236 g/mol. The highest BCUT2D eigenvalue weighted by atomic mass is 16.2. The number of carbonyl (C=O) groups is 1. The minimum Gasteiger partial charge on any atom is -0.353 e. The summed E-state index contributed by atoms with van der Waals surface area (Å²) in [5.41, 5.74) is 1.14. The zero-order valence-corrected chi connectivity index (χ0v) is 10.3. The minimum absolute atomic E-state index is 0.00288. The molecule has 2 heterocycles. The highest BCUT2D eigenvalue weighted by molar-refractivity contribution is 5.81. The molecule has 0 unspecified atom stereocenters. The molecule has 2 N–H and O–H groups in total. The van der Waals surface area contributed by atoms with Gasteiger partial charge in [-0.1, -0.05) is 6.42 Å². The Morgan fingerprint density at radius 3 is 3.18 bits per heavy atom. The highest BCUT2D eigenvalue weighted by Gasteiger charge is 2.19. The molecule has 1 saturated heterocycles. The molecular weight excluding hydrogens is 216 g/mol. The molecule has 2 rings (SSSR count). The number of amides is 1. The second kappa shape index (κ2) is 5.82. The molecule has 5 nitrogen and oxygen atoms in total. The third-order valence-electron chi connectivity index (χ3n) is 3.03. The Balaban J connectivity index is 1.69. The molecule has 0 saturated carbocycles. The first-order chi connectivity index (χ1) is 8.25. The monoisotopic (exact) mass is 236 g/mol. The van der Waals surface area contributed by atoms with E-state index in [0.717, 1.165) is 31.5 Å². The van der Waals surface area contributed by atoms with Gasteiger partial charge in [0.05, 0.1) is 18.8 Å². The van der Waals surface area contributed by atoms with Gasteiger partial charge in [-0.3, -0.25) is 9.48 Å². The van der Waals surface area contributed by atoms with Gasteiger partial charge in [0, 0.05) is 12.7 Å². The van der Waals surface area contributed by atoms with E-state index in [4.69, 9.17) is 0 Å². The van der Waals surface area contributed by atoms with Gasteiger partial charge in [-0.2, -0.15) is 5.10 Å². The maximum absolute atomic E-state index is 11.8. The summed E-state index contributed by atoms with van der Waals surface area (Å²) in [6.45, 7) is 4.33. The highest BCUT2D eigenvalue weighted by Crippen LogP contribution is 2.06. The molecule has 5 heteroatoms. The van der Waals surface area contributed by atoms with E-state index in [9.17, 15) is 4.79 Å². The van der Waals surface area contributed by atoms with Crippen LogP contribution < -0.4 is 10.6 Å². The number of nitrogens with one attached hydrogen (secondary N) is 2. The third kappa shape index (κ3) is 3.56. The molecule has 1 atom stereocenters. The summed E-state index contributed by atoms with van der Waals surface area (Å²) in [5, 5.41) is 10.4. The maximum Gasteiger partial charge on any atom is 0.237 e. The summed E-state index contributed by atoms with van der Waals surface area (Å²) >= 11 is 0. The lowest BCUT2D eigenvalue weighted by Crippen LogP contribution is -2.47. The van der Waals surface area contributed by atoms with Crippen LogP contribution in [0.15, 0.2) is 12.4 Å². The Labute approximate surface area is 102 Å². The Morgan fingerprint density at radius 2 is 2.53 bits per heavy atom. The topological polar surface area (TPSA) is 59.0 Å². The van der Waals surface area contributed by atoms with E-state index >= 15 is 0 Å². The van der Waals surface area contributed by atoms with Crippen LogP contribution in [0, 0.1) is 6.92 Å². The lowest BCUT2D eigenvalue weighted by Gasteiger charge is -2.22. The first-order valence-electron chi connectivity index (χ1n) is 6.26. The lowest BCUT2D eigenvalue weighted by atomic mass is 10.0.